The monoisotopic (exact) mass is 487 g/mol. The van der Waals surface area contributed by atoms with Crippen LogP contribution in [0.25, 0.3) is 5.82 Å². The summed E-state index contributed by atoms with van der Waals surface area (Å²) in [7, 11) is -3.50. The highest BCUT2D eigenvalue weighted by Crippen LogP contribution is 2.24. The molecule has 4 aromatic rings. The van der Waals surface area contributed by atoms with Gasteiger partial charge in [-0.3, -0.25) is 9.52 Å². The number of H-pyrrole nitrogens is 1. The summed E-state index contributed by atoms with van der Waals surface area (Å²) in [5.74, 6) is 1.03. The van der Waals surface area contributed by atoms with E-state index in [0.29, 0.717) is 23.1 Å². The van der Waals surface area contributed by atoms with Crippen molar-refractivity contribution in [3.8, 4) is 11.6 Å². The second kappa shape index (κ2) is 9.30. The Balaban J connectivity index is 1.51. The van der Waals surface area contributed by atoms with Gasteiger partial charge in [0.15, 0.2) is 11.6 Å². The Morgan fingerprint density at radius 2 is 2.03 bits per heavy atom. The summed E-state index contributed by atoms with van der Waals surface area (Å²) < 4.78 is 32.5. The smallest absolute Gasteiger partial charge is 0.258 e. The number of hydrogen-bond donors (Lipinski definition) is 3. The second-order valence-electron chi connectivity index (χ2n) is 6.88. The average Bonchev–Trinajstić information content (AvgIpc) is 3.43. The van der Waals surface area contributed by atoms with Gasteiger partial charge in [-0.1, -0.05) is 11.6 Å². The number of imidazole rings is 1. The number of pyridine rings is 1. The molecule has 1 amide bonds. The fraction of sp³-hybridized carbons (Fsp3) is 0.100. The fourth-order valence-corrected chi connectivity index (χ4v) is 3.67. The lowest BCUT2D eigenvalue weighted by atomic mass is 10.2. The number of nitrogens with zero attached hydrogens (tertiary/aromatic N) is 4. The second-order valence-corrected chi connectivity index (χ2v) is 9.07. The van der Waals surface area contributed by atoms with Gasteiger partial charge in [0.05, 0.1) is 23.7 Å². The van der Waals surface area contributed by atoms with Crippen LogP contribution in [-0.2, 0) is 16.6 Å². The standard InChI is InChI=1S/C20H18ClN7O4S/c1-33(30,31)27-16-8-14(21)7-15(9-16)26-20(29)13-10-25-28(11-13)19-17(3-2-4-24-19)32-12-18-22-5-6-23-18/h2-11,27H,12H2,1H3,(H,22,23)(H,26,29). The van der Waals surface area contributed by atoms with Crippen LogP contribution in [-0.4, -0.2) is 45.3 Å². The molecular weight excluding hydrogens is 470 g/mol. The Morgan fingerprint density at radius 1 is 1.21 bits per heavy atom. The number of halogens is 1. The summed E-state index contributed by atoms with van der Waals surface area (Å²) in [5.41, 5.74) is 0.782. The first-order valence-corrected chi connectivity index (χ1v) is 11.7. The Morgan fingerprint density at radius 3 is 2.79 bits per heavy atom. The Labute approximate surface area is 193 Å². The van der Waals surface area contributed by atoms with Crippen LogP contribution < -0.4 is 14.8 Å². The zero-order valence-corrected chi connectivity index (χ0v) is 18.8. The van der Waals surface area contributed by atoms with Crippen LogP contribution in [0, 0.1) is 0 Å². The van der Waals surface area contributed by atoms with E-state index < -0.39 is 15.9 Å². The predicted molar refractivity (Wildman–Crippen MR) is 122 cm³/mol. The molecular formula is C20H18ClN7O4S. The Hall–Kier alpha value is -3.90. The molecule has 33 heavy (non-hydrogen) atoms. The predicted octanol–water partition coefficient (Wildman–Crippen LogP) is 2.85. The van der Waals surface area contributed by atoms with Crippen LogP contribution >= 0.6 is 11.6 Å². The molecule has 0 unspecified atom stereocenters. The van der Waals surface area contributed by atoms with Crippen LogP contribution in [0.2, 0.25) is 5.02 Å². The molecule has 11 nitrogen and oxygen atoms in total. The third-order valence-electron chi connectivity index (χ3n) is 4.19. The van der Waals surface area contributed by atoms with Crippen molar-refractivity contribution in [3.63, 3.8) is 0 Å². The zero-order chi connectivity index (χ0) is 23.4. The third-order valence-corrected chi connectivity index (χ3v) is 5.02. The molecule has 170 valence electrons. The van der Waals surface area contributed by atoms with Crippen molar-refractivity contribution in [2.75, 3.05) is 16.3 Å². The van der Waals surface area contributed by atoms with E-state index in [1.54, 1.807) is 30.7 Å². The Kier molecular flexibility index (Phi) is 6.29. The molecule has 4 rings (SSSR count). The summed E-state index contributed by atoms with van der Waals surface area (Å²) >= 11 is 6.05. The maximum atomic E-state index is 12.7. The lowest BCUT2D eigenvalue weighted by molar-refractivity contribution is 0.102. The number of carbonyl (C=O) groups is 1. The summed E-state index contributed by atoms with van der Waals surface area (Å²) in [6, 6.07) is 7.83. The first-order chi connectivity index (χ1) is 15.8. The number of benzene rings is 1. The van der Waals surface area contributed by atoms with E-state index in [9.17, 15) is 13.2 Å². The first-order valence-electron chi connectivity index (χ1n) is 9.48. The van der Waals surface area contributed by atoms with Crippen molar-refractivity contribution in [3.05, 3.63) is 77.7 Å². The number of ether oxygens (including phenoxy) is 1. The van der Waals surface area contributed by atoms with E-state index in [2.05, 4.69) is 30.1 Å². The highest BCUT2D eigenvalue weighted by Gasteiger charge is 2.15. The van der Waals surface area contributed by atoms with Gasteiger partial charge in [-0.2, -0.15) is 5.10 Å². The molecule has 1 aromatic carbocycles. The lowest BCUT2D eigenvalue weighted by Crippen LogP contribution is -2.13. The molecule has 0 saturated carbocycles. The van der Waals surface area contributed by atoms with Crippen LogP contribution in [0.3, 0.4) is 0 Å². The Bertz CT molecular complexity index is 1390. The molecule has 0 bridgehead atoms. The number of aromatic nitrogens is 5. The highest BCUT2D eigenvalue weighted by molar-refractivity contribution is 7.92. The minimum atomic E-state index is -3.50. The van der Waals surface area contributed by atoms with Gasteiger partial charge in [-0.05, 0) is 30.3 Å². The summed E-state index contributed by atoms with van der Waals surface area (Å²) in [6.07, 6.45) is 8.80. The molecule has 0 radical (unpaired) electrons. The highest BCUT2D eigenvalue weighted by atomic mass is 35.5. The van der Waals surface area contributed by atoms with Crippen molar-refractivity contribution >= 4 is 38.9 Å². The van der Waals surface area contributed by atoms with Crippen LogP contribution in [0.4, 0.5) is 11.4 Å². The van der Waals surface area contributed by atoms with Crippen molar-refractivity contribution in [2.45, 2.75) is 6.61 Å². The van der Waals surface area contributed by atoms with E-state index in [1.165, 1.54) is 35.3 Å². The van der Waals surface area contributed by atoms with E-state index >= 15 is 0 Å². The van der Waals surface area contributed by atoms with E-state index in [4.69, 9.17) is 16.3 Å². The number of sulfonamides is 1. The van der Waals surface area contributed by atoms with Gasteiger partial charge in [-0.15, -0.1) is 0 Å². The summed E-state index contributed by atoms with van der Waals surface area (Å²) in [6.45, 7) is 0.207. The molecule has 3 aromatic heterocycles. The van der Waals surface area contributed by atoms with E-state index in [0.717, 1.165) is 6.26 Å². The lowest BCUT2D eigenvalue weighted by Gasteiger charge is -2.09. The molecule has 0 spiro atoms. The van der Waals surface area contributed by atoms with Gasteiger partial charge in [-0.25, -0.2) is 23.1 Å². The molecule has 3 N–H and O–H groups in total. The molecule has 0 atom stereocenters. The first kappa shape index (κ1) is 22.3. The molecule has 3 heterocycles. The van der Waals surface area contributed by atoms with Gasteiger partial charge >= 0.3 is 0 Å². The van der Waals surface area contributed by atoms with Gasteiger partial charge < -0.3 is 15.0 Å². The SMILES string of the molecule is CS(=O)(=O)Nc1cc(Cl)cc(NC(=O)c2cnn(-c3ncccc3OCc3ncc[nH]3)c2)c1. The summed E-state index contributed by atoms with van der Waals surface area (Å²) in [4.78, 5) is 24.1. The number of amides is 1. The van der Waals surface area contributed by atoms with E-state index in [1.807, 2.05) is 0 Å². The van der Waals surface area contributed by atoms with Crippen molar-refractivity contribution in [1.29, 1.82) is 0 Å². The minimum Gasteiger partial charge on any atom is -0.482 e. The van der Waals surface area contributed by atoms with Gasteiger partial charge in [0.25, 0.3) is 5.91 Å². The topological polar surface area (TPSA) is 144 Å². The van der Waals surface area contributed by atoms with Crippen molar-refractivity contribution in [2.24, 2.45) is 0 Å². The maximum absolute atomic E-state index is 12.7. The van der Waals surface area contributed by atoms with Gasteiger partial charge in [0, 0.05) is 35.5 Å². The molecule has 0 aliphatic carbocycles. The number of anilines is 2. The largest absolute Gasteiger partial charge is 0.482 e. The number of hydrogen-bond acceptors (Lipinski definition) is 7. The van der Waals surface area contributed by atoms with Gasteiger partial charge in [0.2, 0.25) is 10.0 Å². The minimum absolute atomic E-state index is 0.207. The van der Waals surface area contributed by atoms with Crippen LogP contribution in [0.15, 0.2) is 61.3 Å². The normalized spacial score (nSPS) is 11.2. The number of rotatable bonds is 8. The molecule has 13 heteroatoms. The average molecular weight is 488 g/mol. The molecule has 0 saturated heterocycles. The quantitative estimate of drug-likeness (QED) is 0.346. The third kappa shape index (κ3) is 5.87. The summed E-state index contributed by atoms with van der Waals surface area (Å²) in [5, 5.41) is 7.13. The zero-order valence-electron chi connectivity index (χ0n) is 17.2. The molecule has 0 aliphatic heterocycles. The number of nitrogens with one attached hydrogen (secondary N) is 3. The molecule has 0 aliphatic rings. The van der Waals surface area contributed by atoms with E-state index in [-0.39, 0.29) is 22.9 Å². The maximum Gasteiger partial charge on any atom is 0.258 e. The van der Waals surface area contributed by atoms with Gasteiger partial charge in [0.1, 0.15) is 12.4 Å². The van der Waals surface area contributed by atoms with Crippen LogP contribution in [0.1, 0.15) is 16.2 Å². The number of carbonyl (C=O) groups excluding carboxylic acids is 1. The fourth-order valence-electron chi connectivity index (χ4n) is 2.88. The van der Waals surface area contributed by atoms with Crippen molar-refractivity contribution in [1.82, 2.24) is 24.7 Å². The number of aromatic amines is 1. The van der Waals surface area contributed by atoms with Crippen molar-refractivity contribution < 1.29 is 17.9 Å². The molecule has 0 fully saturated rings. The van der Waals surface area contributed by atoms with Crippen LogP contribution in [0.5, 0.6) is 5.75 Å².